The number of imidazole rings is 1. The van der Waals surface area contributed by atoms with Crippen molar-refractivity contribution < 1.29 is 8.78 Å². The molecule has 18 heavy (non-hydrogen) atoms. The summed E-state index contributed by atoms with van der Waals surface area (Å²) in [5.74, 6) is -0.236. The van der Waals surface area contributed by atoms with E-state index in [1.807, 2.05) is 6.92 Å². The normalized spacial score (nSPS) is 12.7. The molecule has 2 rings (SSSR count). The summed E-state index contributed by atoms with van der Waals surface area (Å²) < 4.78 is 27.2. The number of aromatic nitrogens is 2. The van der Waals surface area contributed by atoms with Crippen LogP contribution in [0.15, 0.2) is 18.3 Å². The van der Waals surface area contributed by atoms with Gasteiger partial charge in [0.15, 0.2) is 0 Å². The van der Waals surface area contributed by atoms with Crippen LogP contribution in [0.25, 0.3) is 11.3 Å². The van der Waals surface area contributed by atoms with Crippen LogP contribution >= 0.6 is 0 Å². The van der Waals surface area contributed by atoms with E-state index in [2.05, 4.69) is 9.97 Å². The van der Waals surface area contributed by atoms with Crippen LogP contribution in [0.4, 0.5) is 8.78 Å². The highest BCUT2D eigenvalue weighted by molar-refractivity contribution is 5.60. The van der Waals surface area contributed by atoms with Gasteiger partial charge in [-0.3, -0.25) is 0 Å². The molecule has 0 saturated heterocycles. The third-order valence-electron chi connectivity index (χ3n) is 2.68. The van der Waals surface area contributed by atoms with Crippen LogP contribution in [-0.4, -0.2) is 16.0 Å². The van der Waals surface area contributed by atoms with Gasteiger partial charge in [0.05, 0.1) is 11.9 Å². The van der Waals surface area contributed by atoms with Crippen molar-refractivity contribution in [2.45, 2.75) is 26.3 Å². The number of benzene rings is 1. The number of nitrogens with two attached hydrogens (primary N) is 1. The van der Waals surface area contributed by atoms with Crippen LogP contribution in [0.5, 0.6) is 0 Å². The number of hydrogen-bond acceptors (Lipinski definition) is 2. The molecule has 1 unspecified atom stereocenters. The second-order valence-electron chi connectivity index (χ2n) is 4.51. The maximum Gasteiger partial charge on any atom is 0.133 e. The van der Waals surface area contributed by atoms with Crippen LogP contribution in [0.1, 0.15) is 18.3 Å². The summed E-state index contributed by atoms with van der Waals surface area (Å²) in [4.78, 5) is 7.05. The first-order valence-corrected chi connectivity index (χ1v) is 5.73. The number of aryl methyl sites for hydroxylation is 1. The Hall–Kier alpha value is -1.75. The third kappa shape index (κ3) is 2.56. The van der Waals surface area contributed by atoms with Crippen LogP contribution in [0.3, 0.4) is 0 Å². The molecule has 0 spiro atoms. The van der Waals surface area contributed by atoms with Crippen LogP contribution in [0, 0.1) is 18.6 Å². The average molecular weight is 251 g/mol. The monoisotopic (exact) mass is 251 g/mol. The van der Waals surface area contributed by atoms with Crippen LogP contribution in [0.2, 0.25) is 0 Å². The zero-order valence-corrected chi connectivity index (χ0v) is 10.3. The summed E-state index contributed by atoms with van der Waals surface area (Å²) >= 11 is 0. The number of nitrogens with one attached hydrogen (secondary N) is 1. The van der Waals surface area contributed by atoms with Gasteiger partial charge in [-0.2, -0.15) is 0 Å². The van der Waals surface area contributed by atoms with E-state index in [4.69, 9.17) is 5.73 Å². The van der Waals surface area contributed by atoms with Gasteiger partial charge >= 0.3 is 0 Å². The Labute approximate surface area is 104 Å². The van der Waals surface area contributed by atoms with E-state index >= 15 is 0 Å². The summed E-state index contributed by atoms with van der Waals surface area (Å²) in [7, 11) is 0. The number of aromatic amines is 1. The minimum Gasteiger partial charge on any atom is -0.342 e. The Kier molecular flexibility index (Phi) is 3.43. The fourth-order valence-corrected chi connectivity index (χ4v) is 1.76. The average Bonchev–Trinajstić information content (AvgIpc) is 2.70. The predicted octanol–water partition coefficient (Wildman–Crippen LogP) is 2.55. The van der Waals surface area contributed by atoms with Gasteiger partial charge in [0.1, 0.15) is 17.5 Å². The molecule has 0 bridgehead atoms. The van der Waals surface area contributed by atoms with Crippen molar-refractivity contribution in [3.05, 3.63) is 41.4 Å². The molecule has 1 heterocycles. The highest BCUT2D eigenvalue weighted by Gasteiger charge is 2.12. The summed E-state index contributed by atoms with van der Waals surface area (Å²) in [5.41, 5.74) is 6.58. The first-order chi connectivity index (χ1) is 8.47. The summed E-state index contributed by atoms with van der Waals surface area (Å²) in [6, 6.07) is 2.31. The zero-order valence-electron chi connectivity index (χ0n) is 10.3. The Bertz CT molecular complexity index is 561. The van der Waals surface area contributed by atoms with Crippen molar-refractivity contribution in [2.24, 2.45) is 5.73 Å². The summed E-state index contributed by atoms with van der Waals surface area (Å²) in [6.07, 6.45) is 2.06. The van der Waals surface area contributed by atoms with E-state index in [9.17, 15) is 8.78 Å². The molecule has 2 aromatic rings. The molecular formula is C13H15F2N3. The van der Waals surface area contributed by atoms with Crippen molar-refractivity contribution in [1.29, 1.82) is 0 Å². The quantitative estimate of drug-likeness (QED) is 0.880. The Morgan fingerprint density at radius 1 is 1.33 bits per heavy atom. The second-order valence-corrected chi connectivity index (χ2v) is 4.51. The predicted molar refractivity (Wildman–Crippen MR) is 66.0 cm³/mol. The molecule has 1 atom stereocenters. The number of halogens is 2. The summed E-state index contributed by atoms with van der Waals surface area (Å²) in [5, 5.41) is 0. The lowest BCUT2D eigenvalue weighted by Gasteiger charge is -2.04. The van der Waals surface area contributed by atoms with Gasteiger partial charge in [-0.15, -0.1) is 0 Å². The molecule has 3 N–H and O–H groups in total. The molecule has 0 saturated carbocycles. The maximum absolute atomic E-state index is 13.7. The van der Waals surface area contributed by atoms with Crippen molar-refractivity contribution in [2.75, 3.05) is 0 Å². The standard InChI is InChI=1S/C13H15F2N3/c1-7-3-11(15)9(5-10(7)14)12-6-17-13(18-12)4-8(2)16/h3,5-6,8H,4,16H2,1-2H3,(H,17,18). The largest absolute Gasteiger partial charge is 0.342 e. The zero-order chi connectivity index (χ0) is 13.3. The lowest BCUT2D eigenvalue weighted by Crippen LogP contribution is -2.18. The lowest BCUT2D eigenvalue weighted by atomic mass is 10.1. The van der Waals surface area contributed by atoms with Gasteiger partial charge < -0.3 is 10.7 Å². The van der Waals surface area contributed by atoms with Crippen LogP contribution in [-0.2, 0) is 6.42 Å². The van der Waals surface area contributed by atoms with E-state index in [1.165, 1.54) is 25.3 Å². The van der Waals surface area contributed by atoms with E-state index in [0.717, 1.165) is 0 Å². The van der Waals surface area contributed by atoms with Gasteiger partial charge in [0.2, 0.25) is 0 Å². The Balaban J connectivity index is 2.37. The van der Waals surface area contributed by atoms with E-state index in [0.29, 0.717) is 17.9 Å². The van der Waals surface area contributed by atoms with Gasteiger partial charge in [0, 0.05) is 18.0 Å². The SMILES string of the molecule is Cc1cc(F)c(-c2cnc(CC(C)N)[nH]2)cc1F. The molecule has 0 amide bonds. The second kappa shape index (κ2) is 4.86. The fourth-order valence-electron chi connectivity index (χ4n) is 1.76. The van der Waals surface area contributed by atoms with Crippen molar-refractivity contribution in [3.63, 3.8) is 0 Å². The number of H-pyrrole nitrogens is 1. The molecule has 1 aromatic heterocycles. The molecule has 96 valence electrons. The molecule has 0 aliphatic rings. The highest BCUT2D eigenvalue weighted by atomic mass is 19.1. The molecule has 0 aliphatic carbocycles. The van der Waals surface area contributed by atoms with Crippen molar-refractivity contribution in [1.82, 2.24) is 9.97 Å². The van der Waals surface area contributed by atoms with Crippen molar-refractivity contribution in [3.8, 4) is 11.3 Å². The number of rotatable bonds is 3. The first-order valence-electron chi connectivity index (χ1n) is 5.73. The molecule has 5 heteroatoms. The Morgan fingerprint density at radius 2 is 2.06 bits per heavy atom. The van der Waals surface area contributed by atoms with Gasteiger partial charge in [-0.05, 0) is 31.5 Å². The Morgan fingerprint density at radius 3 is 2.72 bits per heavy atom. The molecule has 3 nitrogen and oxygen atoms in total. The topological polar surface area (TPSA) is 54.7 Å². The minimum atomic E-state index is -0.468. The highest BCUT2D eigenvalue weighted by Crippen LogP contribution is 2.24. The van der Waals surface area contributed by atoms with Gasteiger partial charge in [0.25, 0.3) is 0 Å². The molecule has 0 fully saturated rings. The molecule has 1 aromatic carbocycles. The van der Waals surface area contributed by atoms with E-state index in [-0.39, 0.29) is 17.2 Å². The molecule has 0 aliphatic heterocycles. The van der Waals surface area contributed by atoms with E-state index < -0.39 is 11.6 Å². The van der Waals surface area contributed by atoms with Gasteiger partial charge in [-0.1, -0.05) is 0 Å². The maximum atomic E-state index is 13.7. The fraction of sp³-hybridized carbons (Fsp3) is 0.308. The first kappa shape index (κ1) is 12.7. The van der Waals surface area contributed by atoms with E-state index in [1.54, 1.807) is 0 Å². The molecular weight excluding hydrogens is 236 g/mol. The van der Waals surface area contributed by atoms with Crippen LogP contribution < -0.4 is 5.73 Å². The summed E-state index contributed by atoms with van der Waals surface area (Å²) in [6.45, 7) is 3.38. The minimum absolute atomic E-state index is 0.0383. The van der Waals surface area contributed by atoms with Gasteiger partial charge in [-0.25, -0.2) is 13.8 Å². The third-order valence-corrected chi connectivity index (χ3v) is 2.68. The van der Waals surface area contributed by atoms with Crippen molar-refractivity contribution >= 4 is 0 Å². The smallest absolute Gasteiger partial charge is 0.133 e. The molecule has 0 radical (unpaired) electrons. The lowest BCUT2D eigenvalue weighted by molar-refractivity contribution is 0.595. The number of hydrogen-bond donors (Lipinski definition) is 2. The number of nitrogens with zero attached hydrogens (tertiary/aromatic N) is 1.